The Morgan fingerprint density at radius 1 is 1.69 bits per heavy atom. The first-order valence-electron chi connectivity index (χ1n) is 3.69. The summed E-state index contributed by atoms with van der Waals surface area (Å²) in [5, 5.41) is 3.42. The van der Waals surface area contributed by atoms with E-state index in [0.717, 1.165) is 5.69 Å². The van der Waals surface area contributed by atoms with E-state index in [9.17, 15) is 0 Å². The van der Waals surface area contributed by atoms with Crippen molar-refractivity contribution < 1.29 is 0 Å². The van der Waals surface area contributed by atoms with Crippen molar-refractivity contribution in [2.45, 2.75) is 0 Å². The second-order valence-corrected chi connectivity index (χ2v) is 2.26. The largest absolute Gasteiger partial charge is 0.256 e. The van der Waals surface area contributed by atoms with Gasteiger partial charge in [-0.3, -0.25) is 4.98 Å². The van der Waals surface area contributed by atoms with Gasteiger partial charge in [0, 0.05) is 16.7 Å². The predicted molar refractivity (Wildman–Crippen MR) is 50.8 cm³/mol. The maximum atomic E-state index is 8.13. The quantitative estimate of drug-likeness (QED) is 0.299. The topological polar surface area (TPSA) is 61.7 Å². The third-order valence-electron chi connectivity index (χ3n) is 1.48. The maximum absolute atomic E-state index is 8.13. The van der Waals surface area contributed by atoms with Gasteiger partial charge in [0.05, 0.1) is 12.2 Å². The lowest BCUT2D eigenvalue weighted by atomic mass is 10.2. The van der Waals surface area contributed by atoms with Crippen molar-refractivity contribution in [3.05, 3.63) is 52.8 Å². The van der Waals surface area contributed by atoms with Crippen LogP contribution in [0.3, 0.4) is 0 Å². The van der Waals surface area contributed by atoms with Crippen molar-refractivity contribution in [2.24, 2.45) is 5.11 Å². The summed E-state index contributed by atoms with van der Waals surface area (Å²) in [6.07, 6.45) is 1.67. The van der Waals surface area contributed by atoms with Crippen LogP contribution in [0.2, 0.25) is 0 Å². The van der Waals surface area contributed by atoms with Crippen LogP contribution in [-0.4, -0.2) is 11.5 Å². The van der Waals surface area contributed by atoms with Crippen molar-refractivity contribution in [1.29, 1.82) is 0 Å². The molecule has 0 aliphatic carbocycles. The molecule has 0 fully saturated rings. The third kappa shape index (κ3) is 2.49. The molecule has 0 aliphatic heterocycles. The highest BCUT2D eigenvalue weighted by molar-refractivity contribution is 5.62. The van der Waals surface area contributed by atoms with Crippen molar-refractivity contribution >= 4 is 5.57 Å². The average Bonchev–Trinajstić information content (AvgIpc) is 2.21. The Kier molecular flexibility index (Phi) is 3.33. The molecule has 0 spiro atoms. The highest BCUT2D eigenvalue weighted by Gasteiger charge is 1.98. The molecule has 0 radical (unpaired) electrons. The molecular formula is C9H8N4. The first kappa shape index (κ1) is 9.07. The molecule has 0 aromatic carbocycles. The molecule has 0 saturated heterocycles. The fourth-order valence-electron chi connectivity index (χ4n) is 0.871. The molecule has 0 amide bonds. The van der Waals surface area contributed by atoms with Gasteiger partial charge in [0.15, 0.2) is 0 Å². The molecule has 0 aliphatic rings. The summed E-state index contributed by atoms with van der Waals surface area (Å²) in [7, 11) is 0. The zero-order valence-corrected chi connectivity index (χ0v) is 7.01. The molecule has 0 atom stereocenters. The standard InChI is InChI=1S/C9H8N4/c1-2-8(7-12-13-10)9-5-3-4-6-11-9/h3-6H,1,7H2. The second-order valence-electron chi connectivity index (χ2n) is 2.26. The molecule has 13 heavy (non-hydrogen) atoms. The summed E-state index contributed by atoms with van der Waals surface area (Å²) in [6.45, 7) is 3.74. The van der Waals surface area contributed by atoms with Crippen LogP contribution < -0.4 is 0 Å². The third-order valence-corrected chi connectivity index (χ3v) is 1.48. The Bertz CT molecular complexity index is 370. The number of aromatic nitrogens is 1. The molecule has 64 valence electrons. The predicted octanol–water partition coefficient (Wildman–Crippen LogP) is 2.56. The van der Waals surface area contributed by atoms with E-state index in [4.69, 9.17) is 5.53 Å². The number of rotatable bonds is 3. The van der Waals surface area contributed by atoms with Gasteiger partial charge in [-0.15, -0.1) is 5.73 Å². The van der Waals surface area contributed by atoms with Crippen LogP contribution in [0.15, 0.2) is 41.8 Å². The summed E-state index contributed by atoms with van der Waals surface area (Å²) in [4.78, 5) is 6.74. The van der Waals surface area contributed by atoms with E-state index < -0.39 is 0 Å². The number of nitrogens with zero attached hydrogens (tertiary/aromatic N) is 4. The normalized spacial score (nSPS) is 8.31. The summed E-state index contributed by atoms with van der Waals surface area (Å²) < 4.78 is 0. The number of hydrogen-bond acceptors (Lipinski definition) is 2. The maximum Gasteiger partial charge on any atom is 0.0739 e. The van der Waals surface area contributed by atoms with E-state index in [2.05, 4.69) is 27.3 Å². The molecule has 1 aromatic heterocycles. The Morgan fingerprint density at radius 2 is 2.54 bits per heavy atom. The van der Waals surface area contributed by atoms with Crippen molar-refractivity contribution in [2.75, 3.05) is 6.54 Å². The van der Waals surface area contributed by atoms with E-state index in [1.54, 1.807) is 6.20 Å². The molecule has 0 bridgehead atoms. The minimum atomic E-state index is 0.233. The molecule has 1 heterocycles. The molecule has 0 saturated carbocycles. The van der Waals surface area contributed by atoms with Gasteiger partial charge in [-0.2, -0.15) is 0 Å². The van der Waals surface area contributed by atoms with Crippen LogP contribution in [0, 0.1) is 0 Å². The van der Waals surface area contributed by atoms with E-state index in [1.165, 1.54) is 0 Å². The molecule has 1 aromatic rings. The summed E-state index contributed by atoms with van der Waals surface area (Å²) in [5.74, 6) is 0. The van der Waals surface area contributed by atoms with Gasteiger partial charge >= 0.3 is 0 Å². The van der Waals surface area contributed by atoms with Gasteiger partial charge in [0.2, 0.25) is 0 Å². The smallest absolute Gasteiger partial charge is 0.0739 e. The van der Waals surface area contributed by atoms with Gasteiger partial charge in [-0.1, -0.05) is 17.8 Å². The first-order valence-corrected chi connectivity index (χ1v) is 3.69. The molecule has 4 heteroatoms. The van der Waals surface area contributed by atoms with Crippen LogP contribution in [0.25, 0.3) is 16.0 Å². The SMILES string of the molecule is C=C=C(CN=[N+]=[N-])c1ccccn1. The van der Waals surface area contributed by atoms with Crippen molar-refractivity contribution in [3.63, 3.8) is 0 Å². The van der Waals surface area contributed by atoms with Gasteiger partial charge in [0.25, 0.3) is 0 Å². The Morgan fingerprint density at radius 3 is 3.08 bits per heavy atom. The fraction of sp³-hybridized carbons (Fsp3) is 0.111. The van der Waals surface area contributed by atoms with Crippen molar-refractivity contribution in [3.8, 4) is 0 Å². The summed E-state index contributed by atoms with van der Waals surface area (Å²) in [6, 6.07) is 5.49. The minimum absolute atomic E-state index is 0.233. The molecular weight excluding hydrogens is 164 g/mol. The highest BCUT2D eigenvalue weighted by atomic mass is 15.1. The van der Waals surface area contributed by atoms with Gasteiger partial charge in [-0.25, -0.2) is 0 Å². The second kappa shape index (κ2) is 4.78. The van der Waals surface area contributed by atoms with E-state index in [-0.39, 0.29) is 6.54 Å². The van der Waals surface area contributed by atoms with E-state index in [1.807, 2.05) is 18.2 Å². The lowest BCUT2D eigenvalue weighted by molar-refractivity contribution is 1.18. The van der Waals surface area contributed by atoms with Crippen LogP contribution in [0.1, 0.15) is 5.69 Å². The Labute approximate surface area is 75.9 Å². The Balaban J connectivity index is 2.93. The lowest BCUT2D eigenvalue weighted by Gasteiger charge is -1.97. The van der Waals surface area contributed by atoms with Gasteiger partial charge < -0.3 is 0 Å². The molecule has 1 rings (SSSR count). The van der Waals surface area contributed by atoms with Crippen LogP contribution >= 0.6 is 0 Å². The van der Waals surface area contributed by atoms with Crippen LogP contribution in [0.4, 0.5) is 0 Å². The number of pyridine rings is 1. The van der Waals surface area contributed by atoms with Crippen LogP contribution in [0.5, 0.6) is 0 Å². The van der Waals surface area contributed by atoms with E-state index in [0.29, 0.717) is 5.57 Å². The number of hydrogen-bond donors (Lipinski definition) is 0. The summed E-state index contributed by atoms with van der Waals surface area (Å²) in [5.41, 5.74) is 12.3. The molecule has 0 N–H and O–H groups in total. The van der Waals surface area contributed by atoms with Gasteiger partial charge in [-0.05, 0) is 17.7 Å². The van der Waals surface area contributed by atoms with Crippen molar-refractivity contribution in [1.82, 2.24) is 4.98 Å². The summed E-state index contributed by atoms with van der Waals surface area (Å²) >= 11 is 0. The molecule has 4 nitrogen and oxygen atoms in total. The number of azide groups is 1. The lowest BCUT2D eigenvalue weighted by Crippen LogP contribution is -1.89. The zero-order chi connectivity index (χ0) is 9.52. The molecule has 0 unspecified atom stereocenters. The zero-order valence-electron chi connectivity index (χ0n) is 7.01. The van der Waals surface area contributed by atoms with Crippen LogP contribution in [-0.2, 0) is 0 Å². The fourth-order valence-corrected chi connectivity index (χ4v) is 0.871. The first-order chi connectivity index (χ1) is 6.38. The van der Waals surface area contributed by atoms with Gasteiger partial charge in [0.1, 0.15) is 0 Å². The highest BCUT2D eigenvalue weighted by Crippen LogP contribution is 2.09. The monoisotopic (exact) mass is 172 g/mol. The Hall–Kier alpha value is -2.02. The van der Waals surface area contributed by atoms with E-state index >= 15 is 0 Å². The minimum Gasteiger partial charge on any atom is -0.256 e. The average molecular weight is 172 g/mol.